The van der Waals surface area contributed by atoms with Gasteiger partial charge in [-0.3, -0.25) is 29.2 Å². The Morgan fingerprint density at radius 3 is 2.45 bits per heavy atom. The molecular weight excluding hydrogens is 534 g/mol. The number of fused-ring (bicyclic) bond motifs is 4. The highest BCUT2D eigenvalue weighted by molar-refractivity contribution is 5.91. The number of amides is 3. The van der Waals surface area contributed by atoms with Gasteiger partial charge in [0.25, 0.3) is 11.8 Å². The molecule has 10 nitrogen and oxygen atoms in total. The summed E-state index contributed by atoms with van der Waals surface area (Å²) in [7, 11) is 2.67. The number of cyclic esters (lactones) is 1. The van der Waals surface area contributed by atoms with Crippen molar-refractivity contribution in [3.63, 3.8) is 0 Å². The maximum Gasteiger partial charge on any atom is 0.312 e. The third kappa shape index (κ3) is 6.43. The first-order valence-corrected chi connectivity index (χ1v) is 14.1. The number of aryl methyl sites for hydroxylation is 1. The first-order chi connectivity index (χ1) is 22.9. The molecule has 0 unspecified atom stereocenters. The molecule has 42 heavy (non-hydrogen) atoms. The zero-order chi connectivity index (χ0) is 37.8. The van der Waals surface area contributed by atoms with Gasteiger partial charge < -0.3 is 14.5 Å². The molecule has 228 valence electrons. The fourth-order valence-corrected chi connectivity index (χ4v) is 5.04. The van der Waals surface area contributed by atoms with Crippen LogP contribution in [-0.4, -0.2) is 82.3 Å². The Balaban J connectivity index is 1.87. The van der Waals surface area contributed by atoms with Gasteiger partial charge in [-0.05, 0) is 77.0 Å². The lowest BCUT2D eigenvalue weighted by Gasteiger charge is -2.39. The van der Waals surface area contributed by atoms with Gasteiger partial charge in [-0.1, -0.05) is 31.9 Å². The van der Waals surface area contributed by atoms with E-state index in [1.807, 2.05) is 37.3 Å². The van der Waals surface area contributed by atoms with Crippen molar-refractivity contribution in [2.45, 2.75) is 91.3 Å². The summed E-state index contributed by atoms with van der Waals surface area (Å²) in [5.74, 6) is -8.03. The normalized spacial score (nSPS) is 32.0. The van der Waals surface area contributed by atoms with E-state index >= 15 is 0 Å². The van der Waals surface area contributed by atoms with E-state index in [0.717, 1.165) is 23.0 Å². The minimum absolute atomic E-state index is 0.0498. The molecule has 0 aliphatic carbocycles. The second-order valence-electron chi connectivity index (χ2n) is 11.8. The van der Waals surface area contributed by atoms with Crippen LogP contribution in [0.3, 0.4) is 0 Å². The second kappa shape index (κ2) is 12.4. The number of benzene rings is 1. The molecule has 2 aliphatic heterocycles. The van der Waals surface area contributed by atoms with Crippen LogP contribution >= 0.6 is 0 Å². The number of esters is 1. The molecule has 4 atom stereocenters. The summed E-state index contributed by atoms with van der Waals surface area (Å²) in [4.78, 5) is 62.4. The molecule has 0 radical (unpaired) electrons. The molecule has 1 aromatic carbocycles. The van der Waals surface area contributed by atoms with Gasteiger partial charge in [-0.15, -0.1) is 0 Å². The van der Waals surface area contributed by atoms with Gasteiger partial charge >= 0.3 is 5.97 Å². The van der Waals surface area contributed by atoms with Gasteiger partial charge in [0, 0.05) is 35.6 Å². The van der Waals surface area contributed by atoms with Gasteiger partial charge in [0.2, 0.25) is 5.91 Å². The van der Waals surface area contributed by atoms with Crippen LogP contribution in [0.2, 0.25) is 0 Å². The van der Waals surface area contributed by atoms with Crippen molar-refractivity contribution >= 4 is 34.6 Å². The molecule has 5 bridgehead atoms. The van der Waals surface area contributed by atoms with Crippen molar-refractivity contribution in [3.8, 4) is 0 Å². The SMILES string of the molecule is [2H]C([2H])([2H])C([2H])(C([2H])([2H])[2H])[C@@]1([2H])OC(=O)C(C)(C)CCc2ccc3ccc(nc3c2)[C@@H](C)N(C)C(=O)[C@@H]2CCCN(N2)C(=O)[C@H](C)N(C)C1=O. The minimum Gasteiger partial charge on any atom is -0.452 e. The van der Waals surface area contributed by atoms with Crippen molar-refractivity contribution in [1.29, 1.82) is 0 Å². The number of aromatic nitrogens is 1. The van der Waals surface area contributed by atoms with Gasteiger partial charge in [0.05, 0.1) is 24.0 Å². The summed E-state index contributed by atoms with van der Waals surface area (Å²) in [5.41, 5.74) is 3.43. The number of carbonyl (C=O) groups excluding carboxylic acids is 4. The highest BCUT2D eigenvalue weighted by Gasteiger charge is 2.39. The molecule has 2 aromatic rings. The first-order valence-electron chi connectivity index (χ1n) is 18.1. The van der Waals surface area contributed by atoms with E-state index in [2.05, 4.69) is 5.43 Å². The predicted octanol–water partition coefficient (Wildman–Crippen LogP) is 3.64. The molecule has 10 heteroatoms. The molecule has 0 spiro atoms. The number of likely N-dealkylation sites (N-methyl/N-ethyl adjacent to an activating group) is 2. The van der Waals surface area contributed by atoms with Crippen LogP contribution in [0.25, 0.3) is 10.9 Å². The largest absolute Gasteiger partial charge is 0.452 e. The van der Waals surface area contributed by atoms with E-state index < -0.39 is 67.0 Å². The van der Waals surface area contributed by atoms with E-state index in [1.54, 1.807) is 7.05 Å². The second-order valence-corrected chi connectivity index (χ2v) is 11.8. The number of hydrazine groups is 1. The maximum absolute atomic E-state index is 14.2. The van der Waals surface area contributed by atoms with E-state index in [4.69, 9.17) is 20.7 Å². The fraction of sp³-hybridized carbons (Fsp3) is 0.594. The highest BCUT2D eigenvalue weighted by Crippen LogP contribution is 2.29. The molecule has 3 heterocycles. The van der Waals surface area contributed by atoms with Gasteiger partial charge in [-0.25, -0.2) is 5.43 Å². The van der Waals surface area contributed by atoms with Crippen LogP contribution in [0.4, 0.5) is 0 Å². The molecule has 2 aliphatic rings. The first kappa shape index (κ1) is 22.1. The molecule has 0 saturated carbocycles. The number of carbonyl (C=O) groups is 4. The standard InChI is InChI=1S/C32H45N5O5/c1-19(2)27-30(40)36(8)21(4)28(38)37-17-9-10-25(34-37)29(39)35(7)20(3)24-14-13-23-12-11-22(18-26(23)33-24)15-16-32(5,6)31(41)42-27/h11-14,18-21,25,27,34H,9-10,15-17H2,1-8H3/t20-,21+,25+,27-/m1/s1/i1D3,2D3,19D,27D. The van der Waals surface area contributed by atoms with Crippen molar-refractivity contribution in [2.24, 2.45) is 11.3 Å². The van der Waals surface area contributed by atoms with Crippen LogP contribution in [-0.2, 0) is 30.3 Å². The summed E-state index contributed by atoms with van der Waals surface area (Å²) in [6, 6.07) is 6.48. The van der Waals surface area contributed by atoms with E-state index in [1.165, 1.54) is 25.7 Å². The smallest absolute Gasteiger partial charge is 0.312 e. The third-order valence-electron chi connectivity index (χ3n) is 8.35. The Morgan fingerprint density at radius 1 is 1.05 bits per heavy atom. The zero-order valence-electron chi connectivity index (χ0n) is 33.0. The molecule has 4 rings (SSSR count). The number of nitrogens with zero attached hydrogens (tertiary/aromatic N) is 4. The van der Waals surface area contributed by atoms with Crippen LogP contribution in [0.1, 0.15) is 88.9 Å². The van der Waals surface area contributed by atoms with E-state index in [-0.39, 0.29) is 25.3 Å². The van der Waals surface area contributed by atoms with Gasteiger partial charge in [0.15, 0.2) is 6.08 Å². The third-order valence-corrected chi connectivity index (χ3v) is 8.35. The van der Waals surface area contributed by atoms with Crippen LogP contribution in [0, 0.1) is 11.3 Å². The topological polar surface area (TPSA) is 112 Å². The van der Waals surface area contributed by atoms with Crippen LogP contribution in [0.5, 0.6) is 0 Å². The van der Waals surface area contributed by atoms with Crippen molar-refractivity contribution in [3.05, 3.63) is 41.6 Å². The molecule has 3 amide bonds. The number of hydrogen-bond donors (Lipinski definition) is 1. The fourth-order valence-electron chi connectivity index (χ4n) is 5.04. The van der Waals surface area contributed by atoms with Crippen molar-refractivity contribution in [2.75, 3.05) is 20.6 Å². The summed E-state index contributed by atoms with van der Waals surface area (Å²) >= 11 is 0. The number of pyridine rings is 1. The summed E-state index contributed by atoms with van der Waals surface area (Å²) in [6.45, 7) is -1.59. The predicted molar refractivity (Wildman–Crippen MR) is 160 cm³/mol. The average Bonchev–Trinajstić information content (AvgIpc) is 3.06. The Hall–Kier alpha value is -3.53. The molecule has 1 N–H and O–H groups in total. The Kier molecular flexibility index (Phi) is 6.50. The minimum atomic E-state index is -3.98. The molecular formula is C32H45N5O5. The van der Waals surface area contributed by atoms with E-state index in [9.17, 15) is 19.2 Å². The average molecular weight is 588 g/mol. The Bertz CT molecular complexity index is 1650. The lowest BCUT2D eigenvalue weighted by Crippen LogP contribution is -2.61. The van der Waals surface area contributed by atoms with Crippen molar-refractivity contribution in [1.82, 2.24) is 25.2 Å². The van der Waals surface area contributed by atoms with Crippen LogP contribution in [0.15, 0.2) is 30.3 Å². The lowest BCUT2D eigenvalue weighted by atomic mass is 9.86. The maximum atomic E-state index is 14.2. The quantitative estimate of drug-likeness (QED) is 0.507. The van der Waals surface area contributed by atoms with Gasteiger partial charge in [-0.2, -0.15) is 0 Å². The number of ether oxygens (including phenoxy) is 1. The summed E-state index contributed by atoms with van der Waals surface area (Å²) in [6.07, 6.45) is -2.76. The molecule has 1 saturated heterocycles. The van der Waals surface area contributed by atoms with Crippen molar-refractivity contribution < 1.29 is 34.9 Å². The number of hydrogen-bond acceptors (Lipinski definition) is 7. The zero-order valence-corrected chi connectivity index (χ0v) is 25.0. The van der Waals surface area contributed by atoms with Crippen LogP contribution < -0.4 is 5.43 Å². The summed E-state index contributed by atoms with van der Waals surface area (Å²) < 4.78 is 71.5. The lowest BCUT2D eigenvalue weighted by molar-refractivity contribution is -0.172. The summed E-state index contributed by atoms with van der Waals surface area (Å²) in [5, 5.41) is 1.97. The monoisotopic (exact) mass is 587 g/mol. The van der Waals surface area contributed by atoms with E-state index in [0.29, 0.717) is 29.0 Å². The molecule has 1 fully saturated rings. The Morgan fingerprint density at radius 2 is 1.74 bits per heavy atom. The molecule has 1 aromatic heterocycles. The van der Waals surface area contributed by atoms with Gasteiger partial charge in [0.1, 0.15) is 12.1 Å². The Labute approximate surface area is 260 Å². The number of nitrogens with one attached hydrogen (secondary N) is 1. The number of rotatable bonds is 1. The highest BCUT2D eigenvalue weighted by atomic mass is 16.6.